The molecular weight excluding hydrogens is 258 g/mol. The Labute approximate surface area is 132 Å². The lowest BCUT2D eigenvalue weighted by Gasteiger charge is -2.55. The van der Waals surface area contributed by atoms with Crippen molar-refractivity contribution in [3.8, 4) is 0 Å². The SMILES string of the molecule is CCCCC1(N2CCC(CO)(CC(C)CC)CC2)CCC1. The van der Waals surface area contributed by atoms with E-state index in [0.29, 0.717) is 12.1 Å². The fraction of sp³-hybridized carbons (Fsp3) is 1.00. The van der Waals surface area contributed by atoms with Gasteiger partial charge in [0.15, 0.2) is 0 Å². The van der Waals surface area contributed by atoms with E-state index in [4.69, 9.17) is 0 Å². The second-order valence-corrected chi connectivity index (χ2v) is 8.04. The molecule has 1 atom stereocenters. The van der Waals surface area contributed by atoms with Crippen LogP contribution in [0.3, 0.4) is 0 Å². The number of nitrogens with zero attached hydrogens (tertiary/aromatic N) is 1. The van der Waals surface area contributed by atoms with Crippen molar-refractivity contribution in [3.05, 3.63) is 0 Å². The lowest BCUT2D eigenvalue weighted by atomic mass is 9.68. The molecule has 0 radical (unpaired) electrons. The van der Waals surface area contributed by atoms with Gasteiger partial charge in [-0.25, -0.2) is 0 Å². The van der Waals surface area contributed by atoms with Gasteiger partial charge in [-0.2, -0.15) is 0 Å². The highest BCUT2D eigenvalue weighted by Gasteiger charge is 2.45. The Morgan fingerprint density at radius 2 is 1.76 bits per heavy atom. The zero-order chi connectivity index (χ0) is 15.3. The van der Waals surface area contributed by atoms with Crippen LogP contribution in [-0.2, 0) is 0 Å². The summed E-state index contributed by atoms with van der Waals surface area (Å²) in [5.74, 6) is 0.751. The van der Waals surface area contributed by atoms with Gasteiger partial charge in [-0.05, 0) is 69.4 Å². The molecule has 2 aliphatic rings. The first-order valence-corrected chi connectivity index (χ1v) is 9.46. The van der Waals surface area contributed by atoms with Crippen molar-refractivity contribution < 1.29 is 5.11 Å². The van der Waals surface area contributed by atoms with Gasteiger partial charge in [-0.15, -0.1) is 0 Å². The van der Waals surface area contributed by atoms with Gasteiger partial charge in [-0.1, -0.05) is 40.0 Å². The van der Waals surface area contributed by atoms with E-state index in [0.717, 1.165) is 5.92 Å². The number of hydrogen-bond donors (Lipinski definition) is 1. The van der Waals surface area contributed by atoms with Gasteiger partial charge in [0.1, 0.15) is 0 Å². The summed E-state index contributed by atoms with van der Waals surface area (Å²) < 4.78 is 0. The summed E-state index contributed by atoms with van der Waals surface area (Å²) in [7, 11) is 0. The zero-order valence-electron chi connectivity index (χ0n) is 14.7. The molecule has 2 rings (SSSR count). The highest BCUT2D eigenvalue weighted by atomic mass is 16.3. The van der Waals surface area contributed by atoms with Crippen LogP contribution in [0.5, 0.6) is 0 Å². The third kappa shape index (κ3) is 3.82. The van der Waals surface area contributed by atoms with E-state index in [1.54, 1.807) is 0 Å². The van der Waals surface area contributed by atoms with Crippen molar-refractivity contribution in [2.75, 3.05) is 19.7 Å². The Kier molecular flexibility index (Phi) is 6.14. The summed E-state index contributed by atoms with van der Waals surface area (Å²) >= 11 is 0. The lowest BCUT2D eigenvalue weighted by Crippen LogP contribution is -2.58. The Morgan fingerprint density at radius 1 is 1.10 bits per heavy atom. The average molecular weight is 296 g/mol. The van der Waals surface area contributed by atoms with Gasteiger partial charge in [0.2, 0.25) is 0 Å². The van der Waals surface area contributed by atoms with Gasteiger partial charge in [0, 0.05) is 12.1 Å². The van der Waals surface area contributed by atoms with Gasteiger partial charge in [0.05, 0.1) is 0 Å². The third-order valence-corrected chi connectivity index (χ3v) is 6.59. The van der Waals surface area contributed by atoms with E-state index in [9.17, 15) is 5.11 Å². The van der Waals surface area contributed by atoms with Crippen molar-refractivity contribution in [1.29, 1.82) is 0 Å². The maximum atomic E-state index is 9.97. The van der Waals surface area contributed by atoms with E-state index >= 15 is 0 Å². The van der Waals surface area contributed by atoms with Gasteiger partial charge < -0.3 is 5.11 Å². The minimum absolute atomic E-state index is 0.224. The largest absolute Gasteiger partial charge is 0.396 e. The third-order valence-electron chi connectivity index (χ3n) is 6.59. The molecule has 0 spiro atoms. The molecule has 1 unspecified atom stereocenters. The fourth-order valence-electron chi connectivity index (χ4n) is 4.58. The van der Waals surface area contributed by atoms with Crippen molar-refractivity contribution in [2.45, 2.75) is 90.5 Å². The smallest absolute Gasteiger partial charge is 0.0488 e. The van der Waals surface area contributed by atoms with Gasteiger partial charge in [0.25, 0.3) is 0 Å². The molecule has 1 aliphatic carbocycles. The van der Waals surface area contributed by atoms with Crippen LogP contribution in [0.1, 0.15) is 85.0 Å². The number of piperidine rings is 1. The van der Waals surface area contributed by atoms with Crippen molar-refractivity contribution in [2.24, 2.45) is 11.3 Å². The van der Waals surface area contributed by atoms with Crippen LogP contribution in [-0.4, -0.2) is 35.2 Å². The maximum Gasteiger partial charge on any atom is 0.0488 e. The fourth-order valence-corrected chi connectivity index (χ4v) is 4.58. The number of hydrogen-bond acceptors (Lipinski definition) is 2. The zero-order valence-corrected chi connectivity index (χ0v) is 14.7. The molecule has 2 fully saturated rings. The summed E-state index contributed by atoms with van der Waals surface area (Å²) in [5, 5.41) is 9.97. The highest BCUT2D eigenvalue weighted by molar-refractivity contribution is 5.01. The molecule has 0 aromatic heterocycles. The predicted octanol–water partition coefficient (Wildman–Crippen LogP) is 4.61. The molecule has 1 aliphatic heterocycles. The molecule has 0 bridgehead atoms. The van der Waals surface area contributed by atoms with E-state index < -0.39 is 0 Å². The summed E-state index contributed by atoms with van der Waals surface area (Å²) in [6.45, 7) is 9.78. The molecule has 0 amide bonds. The summed E-state index contributed by atoms with van der Waals surface area (Å²) in [4.78, 5) is 2.80. The first-order valence-electron chi connectivity index (χ1n) is 9.46. The quantitative estimate of drug-likeness (QED) is 0.707. The summed E-state index contributed by atoms with van der Waals surface area (Å²) in [6.07, 6.45) is 13.3. The number of unbranched alkanes of at least 4 members (excludes halogenated alkanes) is 1. The number of rotatable bonds is 8. The normalized spacial score (nSPS) is 26.3. The average Bonchev–Trinajstić information content (AvgIpc) is 2.47. The molecule has 0 aromatic carbocycles. The standard InChI is InChI=1S/C19H37NO/c1-4-6-8-19(9-7-10-19)20-13-11-18(16-21,12-14-20)15-17(3)5-2/h17,21H,4-16H2,1-3H3. The Hall–Kier alpha value is -0.0800. The second-order valence-electron chi connectivity index (χ2n) is 8.04. The number of aliphatic hydroxyl groups excluding tert-OH is 1. The van der Waals surface area contributed by atoms with Crippen LogP contribution in [0.2, 0.25) is 0 Å². The minimum Gasteiger partial charge on any atom is -0.396 e. The molecule has 124 valence electrons. The molecule has 0 aromatic rings. The number of aliphatic hydroxyl groups is 1. The molecule has 21 heavy (non-hydrogen) atoms. The Bertz CT molecular complexity index is 303. The predicted molar refractivity (Wildman–Crippen MR) is 90.5 cm³/mol. The molecule has 1 saturated heterocycles. The summed E-state index contributed by atoms with van der Waals surface area (Å²) in [6, 6.07) is 0. The topological polar surface area (TPSA) is 23.5 Å². The minimum atomic E-state index is 0.224. The van der Waals surface area contributed by atoms with E-state index in [2.05, 4.69) is 25.7 Å². The lowest BCUT2D eigenvalue weighted by molar-refractivity contribution is -0.0547. The first kappa shape index (κ1) is 17.3. The molecule has 1 N–H and O–H groups in total. The molecule has 1 saturated carbocycles. The van der Waals surface area contributed by atoms with Gasteiger partial charge in [-0.3, -0.25) is 4.90 Å². The number of likely N-dealkylation sites (tertiary alicyclic amines) is 1. The van der Waals surface area contributed by atoms with E-state index in [1.807, 2.05) is 0 Å². The maximum absolute atomic E-state index is 9.97. The second kappa shape index (κ2) is 7.46. The highest BCUT2D eigenvalue weighted by Crippen LogP contribution is 2.46. The molecular formula is C19H37NO. The van der Waals surface area contributed by atoms with Crippen LogP contribution in [0, 0.1) is 11.3 Å². The van der Waals surface area contributed by atoms with E-state index in [-0.39, 0.29) is 5.41 Å². The van der Waals surface area contributed by atoms with Crippen molar-refractivity contribution in [1.82, 2.24) is 4.90 Å². The van der Waals surface area contributed by atoms with Crippen LogP contribution >= 0.6 is 0 Å². The van der Waals surface area contributed by atoms with Crippen LogP contribution in [0.15, 0.2) is 0 Å². The molecule has 2 heteroatoms. The van der Waals surface area contributed by atoms with E-state index in [1.165, 1.54) is 77.3 Å². The monoisotopic (exact) mass is 295 g/mol. The van der Waals surface area contributed by atoms with Crippen molar-refractivity contribution >= 4 is 0 Å². The Morgan fingerprint density at radius 3 is 2.19 bits per heavy atom. The van der Waals surface area contributed by atoms with Crippen LogP contribution < -0.4 is 0 Å². The molecule has 1 heterocycles. The summed E-state index contributed by atoms with van der Waals surface area (Å²) in [5.41, 5.74) is 0.773. The van der Waals surface area contributed by atoms with Crippen molar-refractivity contribution in [3.63, 3.8) is 0 Å². The van der Waals surface area contributed by atoms with Crippen LogP contribution in [0.25, 0.3) is 0 Å². The Balaban J connectivity index is 1.91. The van der Waals surface area contributed by atoms with Gasteiger partial charge >= 0.3 is 0 Å². The molecule has 2 nitrogen and oxygen atoms in total. The van der Waals surface area contributed by atoms with Crippen LogP contribution in [0.4, 0.5) is 0 Å². The first-order chi connectivity index (χ1) is 10.1.